The first kappa shape index (κ1) is 50.1. The fourth-order valence-corrected chi connectivity index (χ4v) is 13.7. The van der Waals surface area contributed by atoms with E-state index in [1.54, 1.807) is 0 Å². The summed E-state index contributed by atoms with van der Waals surface area (Å²) >= 11 is 0. The van der Waals surface area contributed by atoms with Crippen LogP contribution in [0.3, 0.4) is 0 Å². The van der Waals surface area contributed by atoms with Gasteiger partial charge in [0.15, 0.2) is 24.7 Å². The molecule has 0 aromatic rings. The molecular weight excluding hydrogens is 860 g/mol. The van der Waals surface area contributed by atoms with Crippen LogP contribution < -0.4 is 0 Å². The third kappa shape index (κ3) is 8.60. The predicted molar refractivity (Wildman–Crippen MR) is 219 cm³/mol. The van der Waals surface area contributed by atoms with Crippen LogP contribution in [-0.4, -0.2) is 204 Å². The molecule has 0 amide bonds. The van der Waals surface area contributed by atoms with E-state index in [1.807, 2.05) is 6.92 Å². The minimum absolute atomic E-state index is 0.0590. The molecule has 0 aromatic heterocycles. The van der Waals surface area contributed by atoms with Crippen molar-refractivity contribution < 1.29 is 99.2 Å². The van der Waals surface area contributed by atoms with Gasteiger partial charge < -0.3 is 94.4 Å². The minimum atomic E-state index is -1.78. The van der Waals surface area contributed by atoms with Crippen molar-refractivity contribution in [2.75, 3.05) is 26.4 Å². The molecule has 20 heteroatoms. The number of aliphatic hydroxyl groups excluding tert-OH is 11. The molecule has 4 heterocycles. The predicted octanol–water partition coefficient (Wildman–Crippen LogP) is -2.68. The number of hydrogen-bond donors (Lipinski definition) is 12. The van der Waals surface area contributed by atoms with Crippen molar-refractivity contribution in [3.05, 3.63) is 12.2 Å². The summed E-state index contributed by atoms with van der Waals surface area (Å²) in [7, 11) is 0. The van der Waals surface area contributed by atoms with E-state index in [1.165, 1.54) is 0 Å². The number of carbonyl (C=O) groups is 1. The molecule has 12 N–H and O–H groups in total. The Morgan fingerprint density at radius 1 is 0.723 bits per heavy atom. The standard InChI is InChI=1S/C45H72O20/c1-18(17-59-40-37(56)34(53)31(50)26(14-46)61-40)7-10-45(58)19(2)30-25(65-45)12-24-22-6-5-20-11-21(8-9-43(20,3)23(22)13-29(49)44(24,30)4)60-42-39(36(55)33(52)28(16-48)63-42)64-41-38(57)35(54)32(51)27(15-47)62-41/h19-28,30-42,46-48,50-58H,1,5-17H2,2-4H3/t19-,20+,21-,22+,23-,24-,25-,26+,27+,28+,30-,31+,32+,33-,34-,35-,36-,37+,38+,39+,40+,41-,42+,43-,44+,45+/m0/s1. The summed E-state index contributed by atoms with van der Waals surface area (Å²) in [4.78, 5) is 14.7. The number of ketones is 1. The van der Waals surface area contributed by atoms with Crippen molar-refractivity contribution in [1.29, 1.82) is 0 Å². The second kappa shape index (κ2) is 19.1. The van der Waals surface area contributed by atoms with Crippen molar-refractivity contribution in [2.45, 2.75) is 189 Å². The molecule has 0 spiro atoms. The molecule has 20 nitrogen and oxygen atoms in total. The lowest BCUT2D eigenvalue weighted by Crippen LogP contribution is -2.65. The first-order chi connectivity index (χ1) is 30.7. The SMILES string of the molecule is C=C(CC[C@@]1(O)O[C@H]2C[C@H]3[C@@H]4CC[C@@H]5C[C@@H](O[C@@H]6O[C@H](CO)[C@H](O)[C@H](O)[C@H]6O[C@@H]6O[C@H](CO)[C@@H](O)[C@H](O)[C@H]6O)CC[C@]5(C)[C@H]4CC(=O)[C@]3(C)[C@H]2[C@@H]1C)CO[C@@H]1O[C@H](CO)[C@@H](O)[C@H](O)[C@H]1O. The maximum absolute atomic E-state index is 14.7. The Bertz CT molecular complexity index is 1690. The Morgan fingerprint density at radius 3 is 1.94 bits per heavy atom. The van der Waals surface area contributed by atoms with E-state index in [0.717, 1.165) is 19.3 Å². The summed E-state index contributed by atoms with van der Waals surface area (Å²) in [5.41, 5.74) is -0.343. The molecule has 65 heavy (non-hydrogen) atoms. The van der Waals surface area contributed by atoms with Gasteiger partial charge in [0.1, 0.15) is 79.0 Å². The van der Waals surface area contributed by atoms with Gasteiger partial charge in [0.25, 0.3) is 0 Å². The van der Waals surface area contributed by atoms with E-state index in [2.05, 4.69) is 20.4 Å². The maximum Gasteiger partial charge on any atom is 0.187 e. The highest BCUT2D eigenvalue weighted by molar-refractivity contribution is 5.87. The first-order valence-electron chi connectivity index (χ1n) is 23.5. The topological polar surface area (TPSA) is 324 Å². The summed E-state index contributed by atoms with van der Waals surface area (Å²) in [5.74, 6) is -1.34. The third-order valence-electron chi connectivity index (χ3n) is 17.6. The monoisotopic (exact) mass is 932 g/mol. The van der Waals surface area contributed by atoms with Gasteiger partial charge in [0, 0.05) is 30.1 Å². The second-order valence-electron chi connectivity index (χ2n) is 20.9. The molecule has 0 unspecified atom stereocenters. The summed E-state index contributed by atoms with van der Waals surface area (Å²) in [5, 5.41) is 125. The van der Waals surface area contributed by atoms with Crippen LogP contribution in [0.1, 0.15) is 78.6 Å². The van der Waals surface area contributed by atoms with E-state index in [0.29, 0.717) is 37.7 Å². The van der Waals surface area contributed by atoms with E-state index in [-0.39, 0.29) is 65.8 Å². The molecule has 4 saturated heterocycles. The number of hydrogen-bond acceptors (Lipinski definition) is 20. The molecule has 8 fully saturated rings. The molecule has 0 aromatic carbocycles. The summed E-state index contributed by atoms with van der Waals surface area (Å²) in [6, 6.07) is 0. The fourth-order valence-electron chi connectivity index (χ4n) is 13.7. The highest BCUT2D eigenvalue weighted by Gasteiger charge is 2.71. The van der Waals surface area contributed by atoms with Crippen LogP contribution in [-0.2, 0) is 38.0 Å². The number of carbonyl (C=O) groups excluding carboxylic acids is 1. The average molecular weight is 933 g/mol. The van der Waals surface area contributed by atoms with Gasteiger partial charge in [-0.1, -0.05) is 32.9 Å². The van der Waals surface area contributed by atoms with Gasteiger partial charge in [0.2, 0.25) is 0 Å². The zero-order valence-corrected chi connectivity index (χ0v) is 37.3. The molecule has 4 aliphatic carbocycles. The molecule has 4 aliphatic heterocycles. The quantitative estimate of drug-likeness (QED) is 0.0662. The zero-order valence-electron chi connectivity index (χ0n) is 37.3. The Morgan fingerprint density at radius 2 is 1.31 bits per heavy atom. The van der Waals surface area contributed by atoms with Crippen LogP contribution in [0.4, 0.5) is 0 Å². The van der Waals surface area contributed by atoms with Gasteiger partial charge in [-0.25, -0.2) is 0 Å². The van der Waals surface area contributed by atoms with E-state index in [4.69, 9.17) is 33.2 Å². The average Bonchev–Trinajstić information content (AvgIpc) is 3.73. The van der Waals surface area contributed by atoms with Crippen molar-refractivity contribution in [3.63, 3.8) is 0 Å². The third-order valence-corrected chi connectivity index (χ3v) is 17.6. The van der Waals surface area contributed by atoms with Crippen molar-refractivity contribution in [2.24, 2.45) is 46.3 Å². The lowest BCUT2D eigenvalue weighted by atomic mass is 9.44. The first-order valence-corrected chi connectivity index (χ1v) is 23.5. The van der Waals surface area contributed by atoms with E-state index >= 15 is 0 Å². The molecular formula is C45H72O20. The van der Waals surface area contributed by atoms with Crippen LogP contribution in [0, 0.1) is 46.3 Å². The van der Waals surface area contributed by atoms with Crippen molar-refractivity contribution in [3.8, 4) is 0 Å². The fraction of sp³-hybridized carbons (Fsp3) is 0.933. The minimum Gasteiger partial charge on any atom is -0.394 e. The van der Waals surface area contributed by atoms with E-state index in [9.17, 15) is 66.1 Å². The molecule has 372 valence electrons. The Kier molecular flexibility index (Phi) is 14.7. The van der Waals surface area contributed by atoms with E-state index < -0.39 is 129 Å². The Hall–Kier alpha value is -1.35. The highest BCUT2D eigenvalue weighted by atomic mass is 16.8. The van der Waals surface area contributed by atoms with Crippen LogP contribution >= 0.6 is 0 Å². The molecule has 0 radical (unpaired) electrons. The largest absolute Gasteiger partial charge is 0.394 e. The van der Waals surface area contributed by atoms with Crippen LogP contribution in [0.2, 0.25) is 0 Å². The highest BCUT2D eigenvalue weighted by Crippen LogP contribution is 2.70. The van der Waals surface area contributed by atoms with Gasteiger partial charge in [-0.05, 0) is 74.0 Å². The van der Waals surface area contributed by atoms with Crippen LogP contribution in [0.5, 0.6) is 0 Å². The molecule has 26 atom stereocenters. The maximum atomic E-state index is 14.7. The number of Topliss-reactive ketones (excluding diaryl/α,β-unsaturated/α-hetero) is 1. The Labute approximate surface area is 378 Å². The van der Waals surface area contributed by atoms with Gasteiger partial charge >= 0.3 is 0 Å². The van der Waals surface area contributed by atoms with Gasteiger partial charge in [0.05, 0.1) is 38.6 Å². The number of ether oxygens (including phenoxy) is 7. The second-order valence-corrected chi connectivity index (χ2v) is 20.9. The smallest absolute Gasteiger partial charge is 0.187 e. The summed E-state index contributed by atoms with van der Waals surface area (Å²) < 4.78 is 41.5. The molecule has 0 bridgehead atoms. The number of fused-ring (bicyclic) bond motifs is 7. The van der Waals surface area contributed by atoms with Crippen molar-refractivity contribution >= 4 is 5.78 Å². The molecule has 8 rings (SSSR count). The lowest BCUT2D eigenvalue weighted by Gasteiger charge is -2.60. The van der Waals surface area contributed by atoms with Crippen molar-refractivity contribution in [1.82, 2.24) is 0 Å². The van der Waals surface area contributed by atoms with Crippen LogP contribution in [0.25, 0.3) is 0 Å². The van der Waals surface area contributed by atoms with Gasteiger partial charge in [-0.2, -0.15) is 0 Å². The zero-order chi connectivity index (χ0) is 47.1. The van der Waals surface area contributed by atoms with Gasteiger partial charge in [-0.15, -0.1) is 0 Å². The van der Waals surface area contributed by atoms with Crippen LogP contribution in [0.15, 0.2) is 12.2 Å². The molecule has 4 saturated carbocycles. The number of aliphatic hydroxyl groups is 12. The van der Waals surface area contributed by atoms with Gasteiger partial charge in [-0.3, -0.25) is 4.79 Å². The summed E-state index contributed by atoms with van der Waals surface area (Å²) in [6.45, 7) is 8.34. The normalized spacial score (nSPS) is 54.4. The molecule has 8 aliphatic rings. The Balaban J connectivity index is 0.888. The summed E-state index contributed by atoms with van der Waals surface area (Å²) in [6.07, 6.45) is -18.0. The number of rotatable bonds is 13. The lowest BCUT2D eigenvalue weighted by molar-refractivity contribution is -0.373.